The zero-order chi connectivity index (χ0) is 9.97. The first kappa shape index (κ1) is 9.67. The minimum absolute atomic E-state index is 0.220. The molecule has 6 heteroatoms. The normalized spacial score (nSPS) is 12.7. The van der Waals surface area contributed by atoms with Crippen molar-refractivity contribution >= 4 is 27.3 Å². The van der Waals surface area contributed by atoms with Gasteiger partial charge in [-0.05, 0) is 13.0 Å². The summed E-state index contributed by atoms with van der Waals surface area (Å²) in [6.07, 6.45) is 3.39. The minimum Gasteiger partial charge on any atom is -0.234 e. The van der Waals surface area contributed by atoms with E-state index >= 15 is 0 Å². The van der Waals surface area contributed by atoms with Gasteiger partial charge in [-0.25, -0.2) is 9.97 Å². The van der Waals surface area contributed by atoms with Gasteiger partial charge in [0.25, 0.3) is 0 Å². The summed E-state index contributed by atoms with van der Waals surface area (Å²) in [7, 11) is 0. The van der Waals surface area contributed by atoms with E-state index in [2.05, 4.69) is 36.1 Å². The summed E-state index contributed by atoms with van der Waals surface area (Å²) in [5.74, 6) is 0.629. The van der Waals surface area contributed by atoms with Crippen molar-refractivity contribution in [1.82, 2.24) is 20.2 Å². The Hall–Kier alpha value is -0.880. The number of halogens is 1. The van der Waals surface area contributed by atoms with Gasteiger partial charge in [0.1, 0.15) is 5.01 Å². The second-order valence-electron chi connectivity index (χ2n) is 2.63. The average molecular weight is 271 g/mol. The molecule has 0 amide bonds. The van der Waals surface area contributed by atoms with Crippen molar-refractivity contribution in [3.8, 4) is 10.8 Å². The van der Waals surface area contributed by atoms with Crippen molar-refractivity contribution in [3.63, 3.8) is 0 Å². The Morgan fingerprint density at radius 2 is 2.00 bits per heavy atom. The van der Waals surface area contributed by atoms with Gasteiger partial charge in [0.15, 0.2) is 10.8 Å². The summed E-state index contributed by atoms with van der Waals surface area (Å²) in [6.45, 7) is 2.01. The van der Waals surface area contributed by atoms with Gasteiger partial charge in [0.2, 0.25) is 0 Å². The standard InChI is InChI=1S/C8H7BrN4S/c1-5(9)7-12-13-8(14-7)6-10-3-2-4-11-6/h2-5H,1H3. The van der Waals surface area contributed by atoms with Gasteiger partial charge in [-0.3, -0.25) is 0 Å². The number of alkyl halides is 1. The van der Waals surface area contributed by atoms with Crippen molar-refractivity contribution in [2.45, 2.75) is 11.8 Å². The molecule has 0 saturated heterocycles. The Labute approximate surface area is 93.6 Å². The monoisotopic (exact) mass is 270 g/mol. The van der Waals surface area contributed by atoms with E-state index in [9.17, 15) is 0 Å². The first-order chi connectivity index (χ1) is 6.77. The summed E-state index contributed by atoms with van der Waals surface area (Å²) < 4.78 is 0. The van der Waals surface area contributed by atoms with Crippen LogP contribution in [0.25, 0.3) is 10.8 Å². The second kappa shape index (κ2) is 4.10. The first-order valence-electron chi connectivity index (χ1n) is 4.02. The van der Waals surface area contributed by atoms with E-state index in [1.54, 1.807) is 18.5 Å². The Bertz CT molecular complexity index is 414. The maximum Gasteiger partial charge on any atom is 0.190 e. The highest BCUT2D eigenvalue weighted by Gasteiger charge is 2.11. The van der Waals surface area contributed by atoms with Crippen LogP contribution in [0.5, 0.6) is 0 Å². The van der Waals surface area contributed by atoms with Crippen molar-refractivity contribution in [2.75, 3.05) is 0 Å². The molecular formula is C8H7BrN4S. The van der Waals surface area contributed by atoms with E-state index in [-0.39, 0.29) is 4.83 Å². The molecule has 14 heavy (non-hydrogen) atoms. The summed E-state index contributed by atoms with van der Waals surface area (Å²) in [6, 6.07) is 1.78. The van der Waals surface area contributed by atoms with Gasteiger partial charge in [0, 0.05) is 12.4 Å². The molecule has 0 aromatic carbocycles. The van der Waals surface area contributed by atoms with Crippen LogP contribution in [0.4, 0.5) is 0 Å². The summed E-state index contributed by atoms with van der Waals surface area (Å²) in [4.78, 5) is 8.43. The van der Waals surface area contributed by atoms with Crippen molar-refractivity contribution in [3.05, 3.63) is 23.5 Å². The van der Waals surface area contributed by atoms with Crippen LogP contribution in [0.3, 0.4) is 0 Å². The Morgan fingerprint density at radius 1 is 1.29 bits per heavy atom. The number of rotatable bonds is 2. The first-order valence-corrected chi connectivity index (χ1v) is 5.75. The predicted molar refractivity (Wildman–Crippen MR) is 58.3 cm³/mol. The van der Waals surface area contributed by atoms with Gasteiger partial charge in [-0.1, -0.05) is 27.3 Å². The Morgan fingerprint density at radius 3 is 2.57 bits per heavy atom. The lowest BCUT2D eigenvalue weighted by Crippen LogP contribution is -1.85. The SMILES string of the molecule is CC(Br)c1nnc(-c2ncccn2)s1. The summed E-state index contributed by atoms with van der Waals surface area (Å²) in [5, 5.41) is 9.75. The zero-order valence-electron chi connectivity index (χ0n) is 7.38. The number of aromatic nitrogens is 4. The second-order valence-corrected chi connectivity index (χ2v) is 5.02. The van der Waals surface area contributed by atoms with Crippen LogP contribution in [-0.2, 0) is 0 Å². The maximum atomic E-state index is 4.10. The van der Waals surface area contributed by atoms with Gasteiger partial charge in [-0.15, -0.1) is 10.2 Å². The molecule has 2 aromatic heterocycles. The number of hydrogen-bond acceptors (Lipinski definition) is 5. The van der Waals surface area contributed by atoms with E-state index < -0.39 is 0 Å². The molecule has 2 rings (SSSR count). The predicted octanol–water partition coefficient (Wildman–Crippen LogP) is 2.45. The molecule has 0 saturated carbocycles. The summed E-state index contributed by atoms with van der Waals surface area (Å²) in [5.41, 5.74) is 0. The zero-order valence-corrected chi connectivity index (χ0v) is 9.79. The molecule has 1 unspecified atom stereocenters. The van der Waals surface area contributed by atoms with Crippen LogP contribution in [0.1, 0.15) is 16.8 Å². The third-order valence-electron chi connectivity index (χ3n) is 1.54. The molecule has 2 heterocycles. The van der Waals surface area contributed by atoms with E-state index in [4.69, 9.17) is 0 Å². The minimum atomic E-state index is 0.220. The van der Waals surface area contributed by atoms with Gasteiger partial charge in [0.05, 0.1) is 4.83 Å². The van der Waals surface area contributed by atoms with Crippen LogP contribution in [0.15, 0.2) is 18.5 Å². The molecule has 0 spiro atoms. The molecule has 4 nitrogen and oxygen atoms in total. The van der Waals surface area contributed by atoms with Gasteiger partial charge in [-0.2, -0.15) is 0 Å². The van der Waals surface area contributed by atoms with Crippen LogP contribution >= 0.6 is 27.3 Å². The maximum absolute atomic E-state index is 4.10. The fourth-order valence-electron chi connectivity index (χ4n) is 0.895. The lowest BCUT2D eigenvalue weighted by atomic mass is 10.5. The van der Waals surface area contributed by atoms with E-state index in [1.165, 1.54) is 11.3 Å². The number of nitrogens with zero attached hydrogens (tertiary/aromatic N) is 4. The quantitative estimate of drug-likeness (QED) is 0.787. The lowest BCUT2D eigenvalue weighted by Gasteiger charge is -1.92. The molecular weight excluding hydrogens is 264 g/mol. The van der Waals surface area contributed by atoms with Crippen LogP contribution < -0.4 is 0 Å². The Balaban J connectivity index is 2.34. The highest BCUT2D eigenvalue weighted by Crippen LogP contribution is 2.28. The van der Waals surface area contributed by atoms with Crippen LogP contribution in [0, 0.1) is 0 Å². The number of hydrogen-bond donors (Lipinski definition) is 0. The van der Waals surface area contributed by atoms with Crippen molar-refractivity contribution in [2.24, 2.45) is 0 Å². The molecule has 0 bridgehead atoms. The molecule has 72 valence electrons. The third kappa shape index (κ3) is 1.96. The molecule has 0 radical (unpaired) electrons. The van der Waals surface area contributed by atoms with Crippen LogP contribution in [-0.4, -0.2) is 20.2 Å². The van der Waals surface area contributed by atoms with Crippen molar-refractivity contribution < 1.29 is 0 Å². The molecule has 0 aliphatic carbocycles. The molecule has 0 fully saturated rings. The fourth-order valence-corrected chi connectivity index (χ4v) is 1.99. The van der Waals surface area contributed by atoms with E-state index in [0.29, 0.717) is 5.82 Å². The molecule has 0 N–H and O–H groups in total. The van der Waals surface area contributed by atoms with E-state index in [1.807, 2.05) is 6.92 Å². The van der Waals surface area contributed by atoms with Gasteiger partial charge >= 0.3 is 0 Å². The van der Waals surface area contributed by atoms with Crippen molar-refractivity contribution in [1.29, 1.82) is 0 Å². The van der Waals surface area contributed by atoms with E-state index in [0.717, 1.165) is 10.0 Å². The average Bonchev–Trinajstić information content (AvgIpc) is 2.68. The highest BCUT2D eigenvalue weighted by molar-refractivity contribution is 9.09. The summed E-state index contributed by atoms with van der Waals surface area (Å²) >= 11 is 4.94. The molecule has 2 aromatic rings. The van der Waals surface area contributed by atoms with Gasteiger partial charge < -0.3 is 0 Å². The lowest BCUT2D eigenvalue weighted by molar-refractivity contribution is 0.973. The van der Waals surface area contributed by atoms with Crippen LogP contribution in [0.2, 0.25) is 0 Å². The molecule has 1 atom stereocenters. The molecule has 0 aliphatic rings. The fraction of sp³-hybridized carbons (Fsp3) is 0.250. The molecule has 0 aliphatic heterocycles. The topological polar surface area (TPSA) is 51.6 Å². The smallest absolute Gasteiger partial charge is 0.190 e. The third-order valence-corrected chi connectivity index (χ3v) is 3.38. The largest absolute Gasteiger partial charge is 0.234 e. The highest BCUT2D eigenvalue weighted by atomic mass is 79.9. The Kier molecular flexibility index (Phi) is 2.83.